The van der Waals surface area contributed by atoms with Gasteiger partial charge in [-0.3, -0.25) is 4.79 Å². The Bertz CT molecular complexity index is 946. The Hall–Kier alpha value is -3.12. The molecule has 2 N–H and O–H groups in total. The second-order valence-corrected chi connectivity index (χ2v) is 6.90. The van der Waals surface area contributed by atoms with Crippen LogP contribution in [0, 0.1) is 0 Å². The van der Waals surface area contributed by atoms with Crippen molar-refractivity contribution >= 4 is 5.91 Å². The van der Waals surface area contributed by atoms with Crippen LogP contribution in [-0.4, -0.2) is 41.9 Å². The molecule has 1 aliphatic heterocycles. The molecule has 2 heterocycles. The summed E-state index contributed by atoms with van der Waals surface area (Å²) < 4.78 is 7.10. The third-order valence-corrected chi connectivity index (χ3v) is 5.00. The smallest absolute Gasteiger partial charge is 0.255 e. The van der Waals surface area contributed by atoms with Crippen molar-refractivity contribution in [2.75, 3.05) is 20.2 Å². The number of methoxy groups -OCH3 is 1. The number of nitrogens with zero attached hydrogens (tertiary/aromatic N) is 2. The molecule has 6 nitrogen and oxygen atoms in total. The third kappa shape index (κ3) is 3.92. The summed E-state index contributed by atoms with van der Waals surface area (Å²) in [5.74, 6) is 0.642. The van der Waals surface area contributed by atoms with E-state index >= 15 is 0 Å². The molecule has 1 amide bonds. The zero-order valence-corrected chi connectivity index (χ0v) is 15.9. The van der Waals surface area contributed by atoms with Gasteiger partial charge in [-0.2, -0.15) is 5.10 Å². The summed E-state index contributed by atoms with van der Waals surface area (Å²) in [6.07, 6.45) is 3.68. The topological polar surface area (TPSA) is 68.2 Å². The van der Waals surface area contributed by atoms with Crippen LogP contribution in [0.5, 0.6) is 5.75 Å². The van der Waals surface area contributed by atoms with Crippen LogP contribution in [0.3, 0.4) is 0 Å². The van der Waals surface area contributed by atoms with Gasteiger partial charge in [-0.05, 0) is 50.2 Å². The maximum absolute atomic E-state index is 13.1. The average molecular weight is 376 g/mol. The highest BCUT2D eigenvalue weighted by molar-refractivity contribution is 6.00. The van der Waals surface area contributed by atoms with Crippen LogP contribution in [0.25, 0.3) is 16.9 Å². The lowest BCUT2D eigenvalue weighted by atomic mass is 10.0. The van der Waals surface area contributed by atoms with Gasteiger partial charge in [-0.15, -0.1) is 0 Å². The standard InChI is InChI=1S/C22H24N4O2/c1-28-19-9-5-6-16(14-19)21-20(22(27)24-17-10-12-23-13-11-17)15-26(25-21)18-7-3-2-4-8-18/h2-9,14-15,17,23H,10-13H2,1H3,(H,24,27). The number of hydrogen-bond donors (Lipinski definition) is 2. The van der Waals surface area contributed by atoms with Gasteiger partial charge in [-0.25, -0.2) is 4.68 Å². The maximum atomic E-state index is 13.1. The maximum Gasteiger partial charge on any atom is 0.255 e. The van der Waals surface area contributed by atoms with E-state index in [1.165, 1.54) is 0 Å². The van der Waals surface area contributed by atoms with Gasteiger partial charge in [0.2, 0.25) is 0 Å². The van der Waals surface area contributed by atoms with Crippen LogP contribution < -0.4 is 15.4 Å². The van der Waals surface area contributed by atoms with E-state index in [1.54, 1.807) is 18.0 Å². The minimum absolute atomic E-state index is 0.0908. The fourth-order valence-corrected chi connectivity index (χ4v) is 3.47. The second-order valence-electron chi connectivity index (χ2n) is 6.90. The van der Waals surface area contributed by atoms with Crippen molar-refractivity contribution in [3.05, 3.63) is 66.4 Å². The van der Waals surface area contributed by atoms with Crippen molar-refractivity contribution in [2.24, 2.45) is 0 Å². The first kappa shape index (κ1) is 18.3. The van der Waals surface area contributed by atoms with E-state index < -0.39 is 0 Å². The Morgan fingerprint density at radius 1 is 1.14 bits per heavy atom. The number of carbonyl (C=O) groups excluding carboxylic acids is 1. The number of ether oxygens (including phenoxy) is 1. The van der Waals surface area contributed by atoms with E-state index in [0.717, 1.165) is 42.9 Å². The monoisotopic (exact) mass is 376 g/mol. The van der Waals surface area contributed by atoms with Crippen LogP contribution in [-0.2, 0) is 0 Å². The van der Waals surface area contributed by atoms with E-state index in [1.807, 2.05) is 54.6 Å². The van der Waals surface area contributed by atoms with E-state index in [2.05, 4.69) is 10.6 Å². The Kier molecular flexibility index (Phi) is 5.39. The molecule has 0 aliphatic carbocycles. The molecule has 1 aromatic heterocycles. The van der Waals surface area contributed by atoms with Crippen molar-refractivity contribution < 1.29 is 9.53 Å². The molecule has 0 bridgehead atoms. The predicted molar refractivity (Wildman–Crippen MR) is 109 cm³/mol. The number of aromatic nitrogens is 2. The van der Waals surface area contributed by atoms with Crippen LogP contribution in [0.1, 0.15) is 23.2 Å². The third-order valence-electron chi connectivity index (χ3n) is 5.00. The van der Waals surface area contributed by atoms with Gasteiger partial charge >= 0.3 is 0 Å². The first-order valence-electron chi connectivity index (χ1n) is 9.55. The summed E-state index contributed by atoms with van der Waals surface area (Å²) >= 11 is 0. The van der Waals surface area contributed by atoms with E-state index in [0.29, 0.717) is 11.3 Å². The van der Waals surface area contributed by atoms with Gasteiger partial charge in [0.05, 0.1) is 18.4 Å². The lowest BCUT2D eigenvalue weighted by molar-refractivity contribution is 0.0930. The van der Waals surface area contributed by atoms with E-state index in [4.69, 9.17) is 9.84 Å². The Morgan fingerprint density at radius 2 is 1.93 bits per heavy atom. The summed E-state index contributed by atoms with van der Waals surface area (Å²) in [5, 5.41) is 11.2. The SMILES string of the molecule is COc1cccc(-c2nn(-c3ccccc3)cc2C(=O)NC2CCNCC2)c1. The van der Waals surface area contributed by atoms with Crippen LogP contribution >= 0.6 is 0 Å². The number of rotatable bonds is 5. The Balaban J connectivity index is 1.72. The van der Waals surface area contributed by atoms with Gasteiger partial charge in [0.1, 0.15) is 11.4 Å². The number of amides is 1. The molecule has 28 heavy (non-hydrogen) atoms. The molecular formula is C22H24N4O2. The van der Waals surface area contributed by atoms with Gasteiger partial charge in [0.25, 0.3) is 5.91 Å². The fraction of sp³-hybridized carbons (Fsp3) is 0.273. The van der Waals surface area contributed by atoms with Crippen molar-refractivity contribution in [3.63, 3.8) is 0 Å². The molecule has 0 atom stereocenters. The molecule has 144 valence electrons. The Morgan fingerprint density at radius 3 is 2.68 bits per heavy atom. The number of piperidine rings is 1. The summed E-state index contributed by atoms with van der Waals surface area (Å²) in [6.45, 7) is 1.86. The molecule has 1 fully saturated rings. The molecule has 0 radical (unpaired) electrons. The quantitative estimate of drug-likeness (QED) is 0.718. The molecule has 1 saturated heterocycles. The van der Waals surface area contributed by atoms with E-state index in [9.17, 15) is 4.79 Å². The minimum atomic E-state index is -0.0908. The summed E-state index contributed by atoms with van der Waals surface area (Å²) in [6, 6.07) is 17.6. The molecular weight excluding hydrogens is 352 g/mol. The predicted octanol–water partition coefficient (Wildman–Crippen LogP) is 3.03. The van der Waals surface area contributed by atoms with Crippen molar-refractivity contribution in [3.8, 4) is 22.7 Å². The number of carbonyl (C=O) groups is 1. The van der Waals surface area contributed by atoms with Crippen LogP contribution in [0.15, 0.2) is 60.8 Å². The second kappa shape index (κ2) is 8.27. The summed E-state index contributed by atoms with van der Waals surface area (Å²) in [7, 11) is 1.63. The minimum Gasteiger partial charge on any atom is -0.497 e. The zero-order chi connectivity index (χ0) is 19.3. The van der Waals surface area contributed by atoms with Gasteiger partial charge in [0, 0.05) is 17.8 Å². The normalized spacial score (nSPS) is 14.6. The molecule has 6 heteroatoms. The summed E-state index contributed by atoms with van der Waals surface area (Å²) in [5.41, 5.74) is 2.97. The van der Waals surface area contributed by atoms with E-state index in [-0.39, 0.29) is 11.9 Å². The molecule has 2 aromatic carbocycles. The molecule has 3 aromatic rings. The van der Waals surface area contributed by atoms with Crippen molar-refractivity contribution in [1.82, 2.24) is 20.4 Å². The molecule has 0 unspecified atom stereocenters. The molecule has 1 aliphatic rings. The molecule has 4 rings (SSSR count). The van der Waals surface area contributed by atoms with Crippen molar-refractivity contribution in [1.29, 1.82) is 0 Å². The number of para-hydroxylation sites is 1. The summed E-state index contributed by atoms with van der Waals surface area (Å²) in [4.78, 5) is 13.1. The largest absolute Gasteiger partial charge is 0.497 e. The lowest BCUT2D eigenvalue weighted by Gasteiger charge is -2.23. The highest BCUT2D eigenvalue weighted by atomic mass is 16.5. The molecule has 0 spiro atoms. The molecule has 0 saturated carbocycles. The van der Waals surface area contributed by atoms with Gasteiger partial charge in [-0.1, -0.05) is 30.3 Å². The number of hydrogen-bond acceptors (Lipinski definition) is 4. The van der Waals surface area contributed by atoms with Gasteiger partial charge < -0.3 is 15.4 Å². The first-order valence-corrected chi connectivity index (χ1v) is 9.55. The highest BCUT2D eigenvalue weighted by Gasteiger charge is 2.22. The van der Waals surface area contributed by atoms with Gasteiger partial charge in [0.15, 0.2) is 0 Å². The first-order chi connectivity index (χ1) is 13.7. The van der Waals surface area contributed by atoms with Crippen LogP contribution in [0.2, 0.25) is 0 Å². The van der Waals surface area contributed by atoms with Crippen molar-refractivity contribution in [2.45, 2.75) is 18.9 Å². The van der Waals surface area contributed by atoms with Crippen LogP contribution in [0.4, 0.5) is 0 Å². The Labute approximate surface area is 164 Å². The number of benzene rings is 2. The zero-order valence-electron chi connectivity index (χ0n) is 15.9. The fourth-order valence-electron chi connectivity index (χ4n) is 3.47. The average Bonchev–Trinajstić information content (AvgIpc) is 3.21. The number of nitrogens with one attached hydrogen (secondary N) is 2. The lowest BCUT2D eigenvalue weighted by Crippen LogP contribution is -2.42. The highest BCUT2D eigenvalue weighted by Crippen LogP contribution is 2.27.